The molecule has 176 valence electrons. The standard InChI is InChI=1S/C26H30N2O3S.CH4/c1-19-22(10-5-13-27-19)18-31-26-17-24(16-21-9-2-3-12-25(21)26)32(29,30)28-14-6-8-20-7-4-11-23(28)15-20;/h2-3,5,9-10,12-13,16-17,20,23H,4,6-8,11,14-15,18H2,1H3;1H4. The van der Waals surface area contributed by atoms with Gasteiger partial charge in [-0.3, -0.25) is 4.98 Å². The summed E-state index contributed by atoms with van der Waals surface area (Å²) in [4.78, 5) is 4.66. The van der Waals surface area contributed by atoms with Crippen molar-refractivity contribution >= 4 is 20.8 Å². The van der Waals surface area contributed by atoms with E-state index in [4.69, 9.17) is 4.74 Å². The number of nitrogens with zero attached hydrogens (tertiary/aromatic N) is 2. The molecular weight excluding hydrogens is 432 g/mol. The zero-order chi connectivity index (χ0) is 22.1. The molecule has 0 N–H and O–H groups in total. The zero-order valence-corrected chi connectivity index (χ0v) is 19.4. The number of rotatable bonds is 5. The van der Waals surface area contributed by atoms with Gasteiger partial charge in [0.25, 0.3) is 0 Å². The van der Waals surface area contributed by atoms with Gasteiger partial charge in [0.15, 0.2) is 0 Å². The van der Waals surface area contributed by atoms with Crippen molar-refractivity contribution in [3.05, 3.63) is 66.0 Å². The minimum absolute atomic E-state index is 0. The lowest BCUT2D eigenvalue weighted by Gasteiger charge is -2.33. The first-order chi connectivity index (χ1) is 15.5. The molecule has 6 heteroatoms. The summed E-state index contributed by atoms with van der Waals surface area (Å²) < 4.78 is 35.6. The van der Waals surface area contributed by atoms with Gasteiger partial charge in [-0.25, -0.2) is 8.42 Å². The van der Waals surface area contributed by atoms with Crippen molar-refractivity contribution in [3.63, 3.8) is 0 Å². The SMILES string of the molecule is C.Cc1ncccc1COc1cc(S(=O)(=O)N2CCCC3CCCC2C3)cc2ccccc12. The van der Waals surface area contributed by atoms with Crippen LogP contribution in [0.15, 0.2) is 59.6 Å². The molecule has 0 amide bonds. The highest BCUT2D eigenvalue weighted by atomic mass is 32.2. The van der Waals surface area contributed by atoms with E-state index in [0.29, 0.717) is 29.7 Å². The lowest BCUT2D eigenvalue weighted by atomic mass is 9.84. The van der Waals surface area contributed by atoms with Crippen molar-refractivity contribution in [2.24, 2.45) is 5.92 Å². The van der Waals surface area contributed by atoms with Crippen LogP contribution in [0.3, 0.4) is 0 Å². The Hall–Kier alpha value is -2.44. The molecule has 5 nitrogen and oxygen atoms in total. The summed E-state index contributed by atoms with van der Waals surface area (Å²) >= 11 is 0. The second-order valence-corrected chi connectivity index (χ2v) is 11.0. The van der Waals surface area contributed by atoms with Crippen molar-refractivity contribution < 1.29 is 13.2 Å². The zero-order valence-electron chi connectivity index (χ0n) is 18.5. The largest absolute Gasteiger partial charge is 0.488 e. The maximum absolute atomic E-state index is 13.8. The van der Waals surface area contributed by atoms with Gasteiger partial charge in [-0.1, -0.05) is 50.6 Å². The Morgan fingerprint density at radius 2 is 1.88 bits per heavy atom. The van der Waals surface area contributed by atoms with Crippen LogP contribution in [-0.4, -0.2) is 30.3 Å². The van der Waals surface area contributed by atoms with Crippen LogP contribution in [0.5, 0.6) is 5.75 Å². The Labute approximate surface area is 197 Å². The molecule has 2 fully saturated rings. The quantitative estimate of drug-likeness (QED) is 0.456. The monoisotopic (exact) mass is 466 g/mol. The summed E-state index contributed by atoms with van der Waals surface area (Å²) in [6.07, 6.45) is 8.17. The summed E-state index contributed by atoms with van der Waals surface area (Å²) in [7, 11) is -3.60. The van der Waals surface area contributed by atoms with E-state index >= 15 is 0 Å². The van der Waals surface area contributed by atoms with Crippen LogP contribution in [0.1, 0.15) is 57.2 Å². The summed E-state index contributed by atoms with van der Waals surface area (Å²) in [5, 5.41) is 1.80. The van der Waals surface area contributed by atoms with E-state index in [2.05, 4.69) is 4.98 Å². The van der Waals surface area contributed by atoms with Crippen LogP contribution >= 0.6 is 0 Å². The summed E-state index contributed by atoms with van der Waals surface area (Å²) in [5.41, 5.74) is 1.91. The molecule has 1 aromatic heterocycles. The number of benzene rings is 2. The summed E-state index contributed by atoms with van der Waals surface area (Å²) in [5.74, 6) is 1.27. The van der Waals surface area contributed by atoms with Crippen LogP contribution in [0.2, 0.25) is 0 Å². The Morgan fingerprint density at radius 3 is 2.73 bits per heavy atom. The number of sulfonamides is 1. The average Bonchev–Trinajstić information content (AvgIpc) is 2.95. The van der Waals surface area contributed by atoms with Crippen molar-refractivity contribution in [2.75, 3.05) is 6.54 Å². The van der Waals surface area contributed by atoms with E-state index in [1.165, 1.54) is 6.42 Å². The third kappa shape index (κ3) is 4.78. The number of fused-ring (bicyclic) bond motifs is 3. The highest BCUT2D eigenvalue weighted by molar-refractivity contribution is 7.89. The fourth-order valence-corrected chi connectivity index (χ4v) is 7.06. The van der Waals surface area contributed by atoms with Gasteiger partial charge in [-0.2, -0.15) is 4.31 Å². The molecule has 1 aliphatic carbocycles. The van der Waals surface area contributed by atoms with Crippen molar-refractivity contribution in [1.82, 2.24) is 9.29 Å². The molecular formula is C27H34N2O3S. The van der Waals surface area contributed by atoms with Crippen molar-refractivity contribution in [1.29, 1.82) is 0 Å². The lowest BCUT2D eigenvalue weighted by Crippen LogP contribution is -2.41. The number of aryl methyl sites for hydroxylation is 1. The highest BCUT2D eigenvalue weighted by Gasteiger charge is 2.37. The summed E-state index contributed by atoms with van der Waals surface area (Å²) in [6, 6.07) is 15.3. The fourth-order valence-electron chi connectivity index (χ4n) is 5.30. The van der Waals surface area contributed by atoms with Gasteiger partial charge in [0.1, 0.15) is 12.4 Å². The third-order valence-electron chi connectivity index (χ3n) is 7.06. The van der Waals surface area contributed by atoms with Gasteiger partial charge < -0.3 is 4.74 Å². The van der Waals surface area contributed by atoms with Crippen LogP contribution in [-0.2, 0) is 16.6 Å². The van der Waals surface area contributed by atoms with E-state index in [-0.39, 0.29) is 13.5 Å². The molecule has 33 heavy (non-hydrogen) atoms. The fraction of sp³-hybridized carbons (Fsp3) is 0.444. The first-order valence-electron chi connectivity index (χ1n) is 11.6. The Kier molecular flexibility index (Phi) is 7.05. The Balaban J connectivity index is 0.00000259. The van der Waals surface area contributed by atoms with E-state index in [0.717, 1.165) is 54.1 Å². The number of ether oxygens (including phenoxy) is 1. The minimum atomic E-state index is -3.60. The van der Waals surface area contributed by atoms with Crippen LogP contribution in [0, 0.1) is 12.8 Å². The lowest BCUT2D eigenvalue weighted by molar-refractivity contribution is 0.238. The number of hydrogen-bond acceptors (Lipinski definition) is 4. The molecule has 1 saturated heterocycles. The van der Waals surface area contributed by atoms with Gasteiger partial charge in [0.2, 0.25) is 10.0 Å². The number of pyridine rings is 1. The average molecular weight is 467 g/mol. The molecule has 0 radical (unpaired) electrons. The molecule has 1 saturated carbocycles. The smallest absolute Gasteiger partial charge is 0.243 e. The molecule has 2 heterocycles. The van der Waals surface area contributed by atoms with Crippen LogP contribution in [0.4, 0.5) is 0 Å². The van der Waals surface area contributed by atoms with Crippen molar-refractivity contribution in [3.8, 4) is 5.75 Å². The van der Waals surface area contributed by atoms with E-state index < -0.39 is 10.0 Å². The first-order valence-corrected chi connectivity index (χ1v) is 13.0. The normalized spacial score (nSPS) is 21.2. The molecule has 2 bridgehead atoms. The van der Waals surface area contributed by atoms with Crippen LogP contribution in [0.25, 0.3) is 10.8 Å². The first kappa shape index (κ1) is 23.7. The van der Waals surface area contributed by atoms with Gasteiger partial charge >= 0.3 is 0 Å². The molecule has 3 aromatic rings. The maximum atomic E-state index is 13.8. The topological polar surface area (TPSA) is 59.5 Å². The molecule has 2 atom stereocenters. The van der Waals surface area contributed by atoms with E-state index in [1.54, 1.807) is 22.6 Å². The molecule has 2 unspecified atom stereocenters. The molecule has 1 aliphatic heterocycles. The Bertz CT molecular complexity index is 1230. The second kappa shape index (κ2) is 9.82. The molecule has 0 spiro atoms. The predicted molar refractivity (Wildman–Crippen MR) is 133 cm³/mol. The maximum Gasteiger partial charge on any atom is 0.243 e. The second-order valence-electron chi connectivity index (χ2n) is 9.12. The Morgan fingerprint density at radius 1 is 1.06 bits per heavy atom. The van der Waals surface area contributed by atoms with Gasteiger partial charge in [-0.15, -0.1) is 0 Å². The summed E-state index contributed by atoms with van der Waals surface area (Å²) in [6.45, 7) is 2.91. The van der Waals surface area contributed by atoms with Crippen molar-refractivity contribution in [2.45, 2.75) is 70.4 Å². The van der Waals surface area contributed by atoms with Crippen LogP contribution < -0.4 is 4.74 Å². The van der Waals surface area contributed by atoms with Gasteiger partial charge in [-0.05, 0) is 56.0 Å². The predicted octanol–water partition coefficient (Wildman–Crippen LogP) is 6.10. The number of aromatic nitrogens is 1. The minimum Gasteiger partial charge on any atom is -0.488 e. The number of hydrogen-bond donors (Lipinski definition) is 0. The van der Waals surface area contributed by atoms with E-state index in [1.807, 2.05) is 43.3 Å². The molecule has 2 aliphatic rings. The molecule has 2 aromatic carbocycles. The highest BCUT2D eigenvalue weighted by Crippen LogP contribution is 2.38. The van der Waals surface area contributed by atoms with Gasteiger partial charge in [0, 0.05) is 41.5 Å². The molecule has 5 rings (SSSR count). The van der Waals surface area contributed by atoms with Gasteiger partial charge in [0.05, 0.1) is 4.90 Å². The third-order valence-corrected chi connectivity index (χ3v) is 8.99. The van der Waals surface area contributed by atoms with E-state index in [9.17, 15) is 8.42 Å².